The number of fused-ring (bicyclic) bond motifs is 5. The van der Waals surface area contributed by atoms with Gasteiger partial charge in [0.15, 0.2) is 28.2 Å². The van der Waals surface area contributed by atoms with Crippen molar-refractivity contribution in [3.8, 4) is 0 Å². The van der Waals surface area contributed by atoms with Gasteiger partial charge in [0, 0.05) is 10.8 Å². The van der Waals surface area contributed by atoms with E-state index in [-0.39, 0.29) is 46.0 Å². The lowest BCUT2D eigenvalue weighted by atomic mass is 9.45. The van der Waals surface area contributed by atoms with Crippen LogP contribution in [0.3, 0.4) is 0 Å². The summed E-state index contributed by atoms with van der Waals surface area (Å²) in [5, 5.41) is 12.6. The molecule has 5 nitrogen and oxygen atoms in total. The number of alkyl halides is 1. The van der Waals surface area contributed by atoms with Gasteiger partial charge in [-0.3, -0.25) is 9.59 Å². The van der Waals surface area contributed by atoms with Crippen molar-refractivity contribution in [2.24, 2.45) is 28.6 Å². The van der Waals surface area contributed by atoms with E-state index in [9.17, 15) is 14.7 Å². The summed E-state index contributed by atoms with van der Waals surface area (Å²) in [6.07, 6.45) is 7.88. The van der Waals surface area contributed by atoms with Crippen LogP contribution in [0, 0.1) is 28.6 Å². The van der Waals surface area contributed by atoms with Crippen molar-refractivity contribution in [1.82, 2.24) is 0 Å². The van der Waals surface area contributed by atoms with E-state index < -0.39 is 44.0 Å². The number of hydrogen-bond acceptors (Lipinski definition) is 5. The van der Waals surface area contributed by atoms with Crippen molar-refractivity contribution >= 4 is 39.8 Å². The number of carbonyl (C=O) groups is 2. The molecule has 0 radical (unpaired) electrons. The highest BCUT2D eigenvalue weighted by Crippen LogP contribution is 2.72. The number of aliphatic hydroxyl groups is 1. The number of ketones is 2. The Balaban J connectivity index is 1.82. The van der Waals surface area contributed by atoms with Crippen LogP contribution in [0.2, 0.25) is 36.3 Å². The van der Waals surface area contributed by atoms with Crippen LogP contribution < -0.4 is 0 Å². The third-order valence-corrected chi connectivity index (χ3v) is 23.1. The largest absolute Gasteiger partial charge is 0.412 e. The van der Waals surface area contributed by atoms with Crippen LogP contribution in [0.4, 0.5) is 0 Å². The molecule has 0 heterocycles. The lowest BCUT2D eigenvalue weighted by molar-refractivity contribution is -0.177. The monoisotopic (exact) mass is 636 g/mol. The first-order valence-electron chi connectivity index (χ1n) is 16.0. The van der Waals surface area contributed by atoms with Crippen molar-refractivity contribution in [1.29, 1.82) is 0 Å². The fourth-order valence-corrected chi connectivity index (χ4v) is 11.2. The summed E-state index contributed by atoms with van der Waals surface area (Å²) in [4.78, 5) is 25.9. The van der Waals surface area contributed by atoms with Gasteiger partial charge < -0.3 is 14.0 Å². The zero-order valence-electron chi connectivity index (χ0n) is 28.5. The Morgan fingerprint density at radius 1 is 1.05 bits per heavy atom. The quantitative estimate of drug-likeness (QED) is 0.235. The molecular formula is C34H57ClO5Si2. The van der Waals surface area contributed by atoms with Gasteiger partial charge in [0.05, 0.1) is 17.6 Å². The van der Waals surface area contributed by atoms with Crippen molar-refractivity contribution in [2.75, 3.05) is 6.61 Å². The minimum atomic E-state index is -2.33. The van der Waals surface area contributed by atoms with Crippen LogP contribution in [0.25, 0.3) is 0 Å². The number of carbonyl (C=O) groups excluding carboxylic acids is 2. The molecule has 0 amide bonds. The maximum Gasteiger partial charge on any atom is 0.192 e. The van der Waals surface area contributed by atoms with Gasteiger partial charge in [0.25, 0.3) is 0 Å². The summed E-state index contributed by atoms with van der Waals surface area (Å²) >= 11 is 8.09. The normalized spacial score (nSPS) is 40.7. The molecule has 0 aromatic rings. The highest BCUT2D eigenvalue weighted by molar-refractivity contribution is 6.74. The molecule has 0 spiro atoms. The first kappa shape index (κ1) is 34.3. The Morgan fingerprint density at radius 2 is 1.62 bits per heavy atom. The van der Waals surface area contributed by atoms with Crippen molar-refractivity contribution < 1.29 is 23.5 Å². The number of halogens is 1. The molecule has 4 rings (SSSR count). The Labute approximate surface area is 262 Å². The Hall–Kier alpha value is -0.576. The summed E-state index contributed by atoms with van der Waals surface area (Å²) in [6, 6.07) is 0. The maximum atomic E-state index is 14.3. The maximum absolute atomic E-state index is 14.3. The summed E-state index contributed by atoms with van der Waals surface area (Å²) in [5.41, 5.74) is -1.74. The van der Waals surface area contributed by atoms with Crippen molar-refractivity contribution in [2.45, 2.75) is 141 Å². The van der Waals surface area contributed by atoms with Gasteiger partial charge in [0.2, 0.25) is 0 Å². The highest BCUT2D eigenvalue weighted by atomic mass is 35.5. The molecule has 8 heteroatoms. The minimum Gasteiger partial charge on any atom is -0.412 e. The van der Waals surface area contributed by atoms with E-state index in [4.69, 9.17) is 20.5 Å². The molecule has 0 aliphatic heterocycles. The molecule has 1 N–H and O–H groups in total. The first-order valence-corrected chi connectivity index (χ1v) is 22.2. The molecule has 0 aromatic carbocycles. The van der Waals surface area contributed by atoms with Crippen LogP contribution in [0.1, 0.15) is 88.0 Å². The number of hydrogen-bond donors (Lipinski definition) is 1. The van der Waals surface area contributed by atoms with Crippen LogP contribution in [0.15, 0.2) is 23.8 Å². The molecule has 3 fully saturated rings. The molecule has 0 bridgehead atoms. The molecule has 4 aliphatic carbocycles. The molecule has 238 valence electrons. The number of allylic oxidation sites excluding steroid dienone is 4. The van der Waals surface area contributed by atoms with E-state index in [1.165, 1.54) is 0 Å². The van der Waals surface area contributed by atoms with Gasteiger partial charge in [-0.05, 0) is 91.9 Å². The van der Waals surface area contributed by atoms with Crippen LogP contribution in [-0.2, 0) is 18.4 Å². The second-order valence-electron chi connectivity index (χ2n) is 17.5. The minimum absolute atomic E-state index is 0.0123. The van der Waals surface area contributed by atoms with E-state index in [1.54, 1.807) is 12.2 Å². The lowest BCUT2D eigenvalue weighted by Crippen LogP contribution is -2.70. The molecule has 3 saturated carbocycles. The smallest absolute Gasteiger partial charge is 0.192 e. The van der Waals surface area contributed by atoms with Gasteiger partial charge in [-0.15, -0.1) is 11.6 Å². The van der Waals surface area contributed by atoms with E-state index in [0.717, 1.165) is 24.8 Å². The van der Waals surface area contributed by atoms with Crippen LogP contribution in [-0.4, -0.2) is 56.5 Å². The Morgan fingerprint density at radius 3 is 2.17 bits per heavy atom. The lowest BCUT2D eigenvalue weighted by Gasteiger charge is -2.65. The second-order valence-corrected chi connectivity index (χ2v) is 27.7. The second kappa shape index (κ2) is 10.2. The third kappa shape index (κ3) is 4.77. The average Bonchev–Trinajstić information content (AvgIpc) is 3.03. The molecule has 4 aliphatic rings. The van der Waals surface area contributed by atoms with Gasteiger partial charge in [0.1, 0.15) is 5.60 Å². The number of rotatable bonds is 6. The molecule has 0 aromatic heterocycles. The molecule has 0 unspecified atom stereocenters. The highest BCUT2D eigenvalue weighted by Gasteiger charge is 2.75. The van der Waals surface area contributed by atoms with Gasteiger partial charge >= 0.3 is 0 Å². The topological polar surface area (TPSA) is 72.8 Å². The zero-order valence-corrected chi connectivity index (χ0v) is 31.3. The first-order chi connectivity index (χ1) is 18.8. The van der Waals surface area contributed by atoms with E-state index >= 15 is 0 Å². The molecule has 0 saturated heterocycles. The predicted molar refractivity (Wildman–Crippen MR) is 177 cm³/mol. The predicted octanol–water partition coefficient (Wildman–Crippen LogP) is 8.22. The molecule has 8 atom stereocenters. The Bertz CT molecular complexity index is 1200. The van der Waals surface area contributed by atoms with E-state index in [0.29, 0.717) is 6.42 Å². The summed E-state index contributed by atoms with van der Waals surface area (Å²) in [5.74, 6) is -0.374. The third-order valence-electron chi connectivity index (χ3n) is 13.2. The fourth-order valence-electron chi connectivity index (χ4n) is 8.34. The molecular weight excluding hydrogens is 580 g/mol. The van der Waals surface area contributed by atoms with E-state index in [2.05, 4.69) is 81.6 Å². The summed E-state index contributed by atoms with van der Waals surface area (Å²) in [6.45, 7) is 28.2. The standard InChI is InChI=1S/C34H57ClO5Si2/c1-22-18-26-25-15-14-23-19-24(36)16-17-31(23,8)33(25,35)28(40-42(12,13)30(5,6)7)20-32(26,9)34(22,38)27(37)21-39-41(10,11)29(2,3)4/h16-17,19,22,25-26,28,38H,14-15,18,20-21H2,1-13H3/t22-,25-,26-,28-,31-,32-,33-,34-/m0/s1. The Kier molecular flexibility index (Phi) is 8.34. The SMILES string of the molecule is C[C@H]1C[C@H]2[C@@H]3CCC4=CC(=O)C=C[C@]4(C)[C@@]3(Cl)[C@@H](O[Si](C)(C)C(C)(C)C)C[C@]2(C)[C@@]1(O)C(=O)CO[Si](C)(C)C(C)(C)C. The van der Waals surface area contributed by atoms with Crippen molar-refractivity contribution in [3.63, 3.8) is 0 Å². The van der Waals surface area contributed by atoms with Crippen LogP contribution >= 0.6 is 11.6 Å². The fraction of sp³-hybridized carbons (Fsp3) is 0.824. The summed E-state index contributed by atoms with van der Waals surface area (Å²) < 4.78 is 13.7. The molecule has 42 heavy (non-hydrogen) atoms. The van der Waals surface area contributed by atoms with Crippen molar-refractivity contribution in [3.05, 3.63) is 23.8 Å². The number of Topliss-reactive ketones (excluding diaryl/α,β-unsaturated/α-hetero) is 1. The van der Waals surface area contributed by atoms with Crippen LogP contribution in [0.5, 0.6) is 0 Å². The zero-order chi connectivity index (χ0) is 32.1. The van der Waals surface area contributed by atoms with Gasteiger partial charge in [-0.1, -0.05) is 74.0 Å². The van der Waals surface area contributed by atoms with Gasteiger partial charge in [-0.2, -0.15) is 0 Å². The van der Waals surface area contributed by atoms with Gasteiger partial charge in [-0.25, -0.2) is 0 Å². The summed E-state index contributed by atoms with van der Waals surface area (Å²) in [7, 11) is -4.52. The van der Waals surface area contributed by atoms with E-state index in [1.807, 2.05) is 13.0 Å². The average molecular weight is 637 g/mol.